The summed E-state index contributed by atoms with van der Waals surface area (Å²) in [7, 11) is 11.8. The third kappa shape index (κ3) is 11.9. The molecule has 0 spiro atoms. The van der Waals surface area contributed by atoms with Crippen LogP contribution in [0.3, 0.4) is 0 Å². The first-order valence-electron chi connectivity index (χ1n) is 22.1. The zero-order valence-corrected chi connectivity index (χ0v) is 37.0. The quantitative estimate of drug-likeness (QED) is 0.198. The number of rotatable bonds is 6. The van der Waals surface area contributed by atoms with Gasteiger partial charge in [-0.1, -0.05) is 38.5 Å². The van der Waals surface area contributed by atoms with Crippen LogP contribution in [0.25, 0.3) is 6.08 Å². The normalized spacial score (nSPS) is 25.5. The summed E-state index contributed by atoms with van der Waals surface area (Å²) in [6.45, 7) is 0. The third-order valence-corrected chi connectivity index (χ3v) is 26.5. The van der Waals surface area contributed by atoms with Crippen molar-refractivity contribution < 1.29 is 13.5 Å². The van der Waals surface area contributed by atoms with E-state index in [1.165, 1.54) is 45.1 Å². The van der Waals surface area contributed by atoms with Crippen molar-refractivity contribution in [1.29, 1.82) is 0 Å². The molecular weight excluding hydrogens is 774 g/mol. The van der Waals surface area contributed by atoms with E-state index in [0.29, 0.717) is 0 Å². The molecule has 50 heavy (non-hydrogen) atoms. The van der Waals surface area contributed by atoms with Crippen molar-refractivity contribution >= 4 is 45.4 Å². The van der Waals surface area contributed by atoms with Crippen LogP contribution in [0.2, 0.25) is 0 Å². The van der Waals surface area contributed by atoms with Crippen LogP contribution in [0, 0.1) is 0 Å². The number of fused-ring (bicyclic) bond motifs is 1. The van der Waals surface area contributed by atoms with Crippen molar-refractivity contribution in [2.45, 2.75) is 227 Å². The van der Waals surface area contributed by atoms with Crippen LogP contribution in [0.4, 0.5) is 0 Å². The van der Waals surface area contributed by atoms with Gasteiger partial charge in [0, 0.05) is 15.8 Å². The predicted octanol–water partition coefficient (Wildman–Crippen LogP) is 15.6. The van der Waals surface area contributed by atoms with Gasteiger partial charge < -0.3 is 0 Å². The van der Waals surface area contributed by atoms with Gasteiger partial charge in [-0.3, -0.25) is 0 Å². The predicted molar refractivity (Wildman–Crippen MR) is 229 cm³/mol. The summed E-state index contributed by atoms with van der Waals surface area (Å²) >= 11 is -1.73. The van der Waals surface area contributed by atoms with Gasteiger partial charge in [0.1, 0.15) is 0 Å². The fourth-order valence-electron chi connectivity index (χ4n) is 11.8. The van der Waals surface area contributed by atoms with Gasteiger partial charge in [-0.2, -0.15) is 0 Å². The molecule has 6 saturated carbocycles. The van der Waals surface area contributed by atoms with Crippen molar-refractivity contribution in [3.8, 4) is 0 Å². The van der Waals surface area contributed by atoms with E-state index in [2.05, 4.69) is 18.2 Å². The van der Waals surface area contributed by atoms with E-state index in [9.17, 15) is 0 Å². The zero-order valence-electron chi connectivity index (χ0n) is 31.8. The Morgan fingerprint density at radius 1 is 0.380 bits per heavy atom. The molecule has 0 nitrogen and oxygen atoms in total. The van der Waals surface area contributed by atoms with E-state index in [0.717, 1.165) is 4.11 Å². The van der Waals surface area contributed by atoms with E-state index in [1.54, 1.807) is 193 Å². The Hall–Kier alpha value is 0.893. The Balaban J connectivity index is 0.000000133. The molecule has 0 unspecified atom stereocenters. The van der Waals surface area contributed by atoms with Crippen LogP contribution in [0.5, 0.6) is 0 Å². The summed E-state index contributed by atoms with van der Waals surface area (Å²) in [6.07, 6.45) is 51.7. The summed E-state index contributed by atoms with van der Waals surface area (Å²) in [5, 5.41) is 0. The number of halogens is 2. The molecule has 0 saturated heterocycles. The summed E-state index contributed by atoms with van der Waals surface area (Å²) in [6, 6.07) is 8.17. The maximum absolute atomic E-state index is 5.93. The molecular formula is C45H74Cl2P2Ru+2. The van der Waals surface area contributed by atoms with Gasteiger partial charge >= 0.3 is 84.6 Å². The maximum atomic E-state index is 5.93. The molecule has 0 heterocycles. The van der Waals surface area contributed by atoms with Crippen LogP contribution in [0.1, 0.15) is 204 Å². The minimum atomic E-state index is -1.73. The Labute approximate surface area is 324 Å². The average molecular weight is 849 g/mol. The summed E-state index contributed by atoms with van der Waals surface area (Å²) < 4.78 is 1.14. The topological polar surface area (TPSA) is 0 Å². The Bertz CT molecular complexity index is 1020. The fourth-order valence-corrected chi connectivity index (χ4v) is 24.8. The SMILES string of the molecule is C1CCC([PH+](C2CCCCC2)C2CCCCC2)CC1.C1CCC([PH+](C2CCCCC2)C2CCCCC2)CC1.[Cl][Ru]([Cl])=[C]1C=Cc2ccccc21. The molecule has 0 N–H and O–H groups in total. The second kappa shape index (κ2) is 22.4. The van der Waals surface area contributed by atoms with Crippen LogP contribution >= 0.6 is 35.2 Å². The molecule has 0 radical (unpaired) electrons. The van der Waals surface area contributed by atoms with Crippen molar-refractivity contribution in [3.05, 3.63) is 41.5 Å². The zero-order chi connectivity index (χ0) is 34.4. The Kier molecular flexibility index (Phi) is 18.2. The third-order valence-electron chi connectivity index (χ3n) is 14.2. The number of hydrogen-bond acceptors (Lipinski definition) is 0. The number of hydrogen-bond donors (Lipinski definition) is 0. The monoisotopic (exact) mass is 848 g/mol. The molecule has 0 bridgehead atoms. The average Bonchev–Trinajstić information content (AvgIpc) is 3.63. The molecule has 284 valence electrons. The van der Waals surface area contributed by atoms with Crippen molar-refractivity contribution in [3.63, 3.8) is 0 Å². The summed E-state index contributed by atoms with van der Waals surface area (Å²) in [5.74, 6) is 0. The second-order valence-electron chi connectivity index (χ2n) is 17.4. The first kappa shape index (κ1) is 40.6. The molecule has 5 heteroatoms. The van der Waals surface area contributed by atoms with Gasteiger partial charge in [0.2, 0.25) is 0 Å². The van der Waals surface area contributed by atoms with Crippen LogP contribution < -0.4 is 0 Å². The van der Waals surface area contributed by atoms with E-state index < -0.39 is 13.5 Å². The van der Waals surface area contributed by atoms with Crippen molar-refractivity contribution in [2.24, 2.45) is 0 Å². The van der Waals surface area contributed by atoms with E-state index in [4.69, 9.17) is 19.4 Å². The van der Waals surface area contributed by atoms with E-state index >= 15 is 0 Å². The molecule has 6 fully saturated rings. The molecule has 0 aliphatic heterocycles. The fraction of sp³-hybridized carbons (Fsp3) is 0.800. The molecule has 1 aromatic rings. The molecule has 7 aliphatic rings. The second-order valence-corrected chi connectivity index (χ2v) is 30.2. The molecule has 8 rings (SSSR count). The van der Waals surface area contributed by atoms with E-state index in [1.807, 2.05) is 18.2 Å². The molecule has 1 aromatic carbocycles. The van der Waals surface area contributed by atoms with Gasteiger partial charge in [0.05, 0.1) is 34.0 Å². The molecule has 0 atom stereocenters. The standard InChI is InChI=1S/2C18H33P.C9H6.2ClH.Ru/c2*1-4-10-16(11-5-1)19(17-12-6-2-7-13-17)18-14-8-3-9-15-18;1-2-5-9-7-3-6-8(9)4-1;;;/h2*16-18H,1-15H2;1-6H;2*1H;/q;;;;;+2. The molecule has 0 amide bonds. The number of benzene rings is 1. The van der Waals surface area contributed by atoms with Crippen LogP contribution in [-0.4, -0.2) is 38.1 Å². The van der Waals surface area contributed by atoms with Gasteiger partial charge in [-0.25, -0.2) is 0 Å². The van der Waals surface area contributed by atoms with Crippen molar-refractivity contribution in [1.82, 2.24) is 0 Å². The molecule has 0 aromatic heterocycles. The Morgan fingerprint density at radius 2 is 0.660 bits per heavy atom. The summed E-state index contributed by atoms with van der Waals surface area (Å²) in [4.78, 5) is 0. The van der Waals surface area contributed by atoms with Crippen LogP contribution in [0.15, 0.2) is 30.3 Å². The Morgan fingerprint density at radius 3 is 0.940 bits per heavy atom. The van der Waals surface area contributed by atoms with Gasteiger partial charge in [0.15, 0.2) is 0 Å². The summed E-state index contributed by atoms with van der Waals surface area (Å²) in [5.41, 5.74) is 9.80. The first-order valence-corrected chi connectivity index (χ1v) is 30.9. The van der Waals surface area contributed by atoms with Crippen molar-refractivity contribution in [2.75, 3.05) is 0 Å². The minimum absolute atomic E-state index is 0.0465. The van der Waals surface area contributed by atoms with Gasteiger partial charge in [0.25, 0.3) is 0 Å². The van der Waals surface area contributed by atoms with Gasteiger partial charge in [-0.05, 0) is 154 Å². The number of allylic oxidation sites excluding steroid dienone is 1. The van der Waals surface area contributed by atoms with Gasteiger partial charge in [-0.15, -0.1) is 0 Å². The molecule has 7 aliphatic carbocycles. The first-order chi connectivity index (χ1) is 24.7. The van der Waals surface area contributed by atoms with E-state index in [-0.39, 0.29) is 15.8 Å². The van der Waals surface area contributed by atoms with Crippen LogP contribution in [-0.2, 0) is 13.5 Å².